The highest BCUT2D eigenvalue weighted by Gasteiger charge is 2.22. The van der Waals surface area contributed by atoms with Crippen molar-refractivity contribution in [3.63, 3.8) is 0 Å². The van der Waals surface area contributed by atoms with Gasteiger partial charge in [0.1, 0.15) is 0 Å². The van der Waals surface area contributed by atoms with Gasteiger partial charge in [-0.2, -0.15) is 0 Å². The Morgan fingerprint density at radius 3 is 2.95 bits per heavy atom. The maximum atomic E-state index is 10.1. The zero-order chi connectivity index (χ0) is 15.1. The van der Waals surface area contributed by atoms with E-state index in [2.05, 4.69) is 24.1 Å². The topological polar surface area (TPSA) is 54.4 Å². The minimum atomic E-state index is -0.460. The monoisotopic (exact) mass is 292 g/mol. The molecule has 1 aromatic rings. The standard InChI is InChI=1S/C17H28N2O2/c1-13-6-3-4-8-17(13)21-12-16(20)11-19-14(2)15-7-5-9-18-10-15/h5,7,9-10,13-14,16-17,19-20H,3-4,6,8,11-12H2,1-2H3/t13?,14-,16?,17?/m1/s1. The van der Waals surface area contributed by atoms with Crippen molar-refractivity contribution < 1.29 is 9.84 Å². The molecule has 1 saturated carbocycles. The number of aliphatic hydroxyl groups is 1. The fourth-order valence-electron chi connectivity index (χ4n) is 2.89. The smallest absolute Gasteiger partial charge is 0.0898 e. The Hall–Kier alpha value is -0.970. The molecular weight excluding hydrogens is 264 g/mol. The van der Waals surface area contributed by atoms with Crippen molar-refractivity contribution in [3.8, 4) is 0 Å². The Kier molecular flexibility index (Phi) is 6.61. The first-order valence-electron chi connectivity index (χ1n) is 8.09. The summed E-state index contributed by atoms with van der Waals surface area (Å²) in [5.41, 5.74) is 1.13. The van der Waals surface area contributed by atoms with E-state index in [-0.39, 0.29) is 6.04 Å². The number of aliphatic hydroxyl groups excluding tert-OH is 1. The van der Waals surface area contributed by atoms with Gasteiger partial charge in [-0.1, -0.05) is 25.8 Å². The molecule has 4 atom stereocenters. The van der Waals surface area contributed by atoms with Crippen LogP contribution < -0.4 is 5.32 Å². The van der Waals surface area contributed by atoms with E-state index in [1.807, 2.05) is 18.3 Å². The number of hydrogen-bond acceptors (Lipinski definition) is 4. The quantitative estimate of drug-likeness (QED) is 0.811. The van der Waals surface area contributed by atoms with Crippen LogP contribution in [0.15, 0.2) is 24.5 Å². The molecule has 0 aromatic carbocycles. The number of hydrogen-bond donors (Lipinski definition) is 2. The number of nitrogens with one attached hydrogen (secondary N) is 1. The molecule has 1 fully saturated rings. The van der Waals surface area contributed by atoms with Crippen LogP contribution in [0.1, 0.15) is 51.1 Å². The molecule has 2 rings (SSSR count). The van der Waals surface area contributed by atoms with Gasteiger partial charge in [0.2, 0.25) is 0 Å². The van der Waals surface area contributed by atoms with E-state index in [0.717, 1.165) is 12.0 Å². The van der Waals surface area contributed by atoms with Gasteiger partial charge in [0.05, 0.1) is 18.8 Å². The summed E-state index contributed by atoms with van der Waals surface area (Å²) in [5.74, 6) is 0.619. The van der Waals surface area contributed by atoms with Gasteiger partial charge in [0.25, 0.3) is 0 Å². The predicted octanol–water partition coefficient (Wildman–Crippen LogP) is 2.69. The van der Waals surface area contributed by atoms with E-state index < -0.39 is 6.10 Å². The Morgan fingerprint density at radius 2 is 2.24 bits per heavy atom. The van der Waals surface area contributed by atoms with Gasteiger partial charge in [-0.15, -0.1) is 0 Å². The zero-order valence-corrected chi connectivity index (χ0v) is 13.2. The van der Waals surface area contributed by atoms with Gasteiger partial charge in [0, 0.05) is 25.0 Å². The van der Waals surface area contributed by atoms with E-state index in [0.29, 0.717) is 25.2 Å². The molecule has 3 unspecified atom stereocenters. The highest BCUT2D eigenvalue weighted by molar-refractivity contribution is 5.12. The average molecular weight is 292 g/mol. The third-order valence-corrected chi connectivity index (χ3v) is 4.38. The summed E-state index contributed by atoms with van der Waals surface area (Å²) in [4.78, 5) is 4.11. The fraction of sp³-hybridized carbons (Fsp3) is 0.706. The summed E-state index contributed by atoms with van der Waals surface area (Å²) < 4.78 is 5.89. The van der Waals surface area contributed by atoms with E-state index in [4.69, 9.17) is 4.74 Å². The molecule has 1 aliphatic carbocycles. The van der Waals surface area contributed by atoms with E-state index in [1.165, 1.54) is 19.3 Å². The predicted molar refractivity (Wildman–Crippen MR) is 84.0 cm³/mol. The van der Waals surface area contributed by atoms with Crippen molar-refractivity contribution in [3.05, 3.63) is 30.1 Å². The average Bonchev–Trinajstić information content (AvgIpc) is 2.52. The first-order valence-corrected chi connectivity index (χ1v) is 8.09. The minimum absolute atomic E-state index is 0.182. The summed E-state index contributed by atoms with van der Waals surface area (Å²) in [6, 6.07) is 4.15. The Morgan fingerprint density at radius 1 is 1.43 bits per heavy atom. The third-order valence-electron chi connectivity index (χ3n) is 4.38. The van der Waals surface area contributed by atoms with Crippen molar-refractivity contribution in [2.24, 2.45) is 5.92 Å². The highest BCUT2D eigenvalue weighted by atomic mass is 16.5. The summed E-state index contributed by atoms with van der Waals surface area (Å²) in [7, 11) is 0. The molecule has 0 bridgehead atoms. The lowest BCUT2D eigenvalue weighted by Gasteiger charge is -2.29. The molecule has 0 radical (unpaired) electrons. The number of rotatable bonds is 7. The lowest BCUT2D eigenvalue weighted by molar-refractivity contribution is -0.0455. The second kappa shape index (κ2) is 8.47. The summed E-state index contributed by atoms with van der Waals surface area (Å²) >= 11 is 0. The second-order valence-electron chi connectivity index (χ2n) is 6.20. The fourth-order valence-corrected chi connectivity index (χ4v) is 2.89. The van der Waals surface area contributed by atoms with E-state index >= 15 is 0 Å². The third kappa shape index (κ3) is 5.38. The van der Waals surface area contributed by atoms with Gasteiger partial charge < -0.3 is 15.2 Å². The van der Waals surface area contributed by atoms with Crippen LogP contribution in [0.3, 0.4) is 0 Å². The molecule has 0 saturated heterocycles. The highest BCUT2D eigenvalue weighted by Crippen LogP contribution is 2.26. The molecular formula is C17H28N2O2. The van der Waals surface area contributed by atoms with Crippen molar-refractivity contribution in [1.82, 2.24) is 10.3 Å². The van der Waals surface area contributed by atoms with Crippen LogP contribution in [0, 0.1) is 5.92 Å². The lowest BCUT2D eigenvalue weighted by Crippen LogP contribution is -2.35. The lowest BCUT2D eigenvalue weighted by atomic mass is 9.88. The van der Waals surface area contributed by atoms with Crippen molar-refractivity contribution in [2.75, 3.05) is 13.2 Å². The van der Waals surface area contributed by atoms with Crippen LogP contribution in [-0.2, 0) is 4.74 Å². The number of nitrogens with zero attached hydrogens (tertiary/aromatic N) is 1. The summed E-state index contributed by atoms with van der Waals surface area (Å²) in [6.45, 7) is 5.28. The molecule has 4 heteroatoms. The largest absolute Gasteiger partial charge is 0.389 e. The molecule has 2 N–H and O–H groups in total. The van der Waals surface area contributed by atoms with Crippen LogP contribution >= 0.6 is 0 Å². The number of aromatic nitrogens is 1. The van der Waals surface area contributed by atoms with Crippen LogP contribution in [-0.4, -0.2) is 35.5 Å². The first kappa shape index (κ1) is 16.4. The van der Waals surface area contributed by atoms with Crippen LogP contribution in [0.2, 0.25) is 0 Å². The molecule has 0 amide bonds. The number of ether oxygens (including phenoxy) is 1. The molecule has 1 aliphatic rings. The van der Waals surface area contributed by atoms with E-state index in [9.17, 15) is 5.11 Å². The van der Waals surface area contributed by atoms with Gasteiger partial charge in [-0.3, -0.25) is 4.98 Å². The van der Waals surface area contributed by atoms with Gasteiger partial charge in [0.15, 0.2) is 0 Å². The molecule has 118 valence electrons. The maximum absolute atomic E-state index is 10.1. The molecule has 0 spiro atoms. The Balaban J connectivity index is 1.66. The zero-order valence-electron chi connectivity index (χ0n) is 13.2. The van der Waals surface area contributed by atoms with Crippen LogP contribution in [0.4, 0.5) is 0 Å². The molecule has 1 aromatic heterocycles. The number of pyridine rings is 1. The second-order valence-corrected chi connectivity index (χ2v) is 6.20. The van der Waals surface area contributed by atoms with Gasteiger partial charge >= 0.3 is 0 Å². The van der Waals surface area contributed by atoms with E-state index in [1.54, 1.807) is 6.20 Å². The molecule has 4 nitrogen and oxygen atoms in total. The van der Waals surface area contributed by atoms with Crippen LogP contribution in [0.5, 0.6) is 0 Å². The molecule has 21 heavy (non-hydrogen) atoms. The first-order chi connectivity index (χ1) is 10.2. The van der Waals surface area contributed by atoms with Crippen molar-refractivity contribution in [2.45, 2.75) is 57.8 Å². The van der Waals surface area contributed by atoms with Crippen molar-refractivity contribution >= 4 is 0 Å². The van der Waals surface area contributed by atoms with Gasteiger partial charge in [-0.25, -0.2) is 0 Å². The normalized spacial score (nSPS) is 25.5. The molecule has 0 aliphatic heterocycles. The minimum Gasteiger partial charge on any atom is -0.389 e. The van der Waals surface area contributed by atoms with Crippen LogP contribution in [0.25, 0.3) is 0 Å². The van der Waals surface area contributed by atoms with Crippen molar-refractivity contribution in [1.29, 1.82) is 0 Å². The molecule has 1 heterocycles. The Bertz CT molecular complexity index is 399. The Labute approximate surface area is 127 Å². The summed E-state index contributed by atoms with van der Waals surface area (Å²) in [6.07, 6.45) is 8.43. The summed E-state index contributed by atoms with van der Waals surface area (Å²) in [5, 5.41) is 13.4. The van der Waals surface area contributed by atoms with Gasteiger partial charge in [-0.05, 0) is 37.3 Å². The SMILES string of the molecule is CC1CCCCC1OCC(O)CN[C@H](C)c1cccnc1. The maximum Gasteiger partial charge on any atom is 0.0898 e.